The Labute approximate surface area is 183 Å². The number of carbonyl (C=O) groups is 4. The standard InChI is InChI=1S/C21H25NO8S/c1-6-31-21(19(25)29-4,20(26)30-5)16-13(12-9-7-8-10-15(12)22-16)11-14(17(23)27-2)18(24)28-3/h7-10,14,22H,6,11H2,1-5H3. The predicted octanol–water partition coefficient (Wildman–Crippen LogP) is 1.97. The van der Waals surface area contributed by atoms with Crippen molar-refractivity contribution in [1.29, 1.82) is 0 Å². The van der Waals surface area contributed by atoms with Gasteiger partial charge in [0.25, 0.3) is 0 Å². The number of rotatable bonds is 9. The maximum atomic E-state index is 13.0. The average Bonchev–Trinajstić information content (AvgIpc) is 3.17. The van der Waals surface area contributed by atoms with Crippen LogP contribution in [0.5, 0.6) is 0 Å². The van der Waals surface area contributed by atoms with Crippen LogP contribution in [0.3, 0.4) is 0 Å². The molecular formula is C21H25NO8S. The largest absolute Gasteiger partial charge is 0.468 e. The van der Waals surface area contributed by atoms with E-state index >= 15 is 0 Å². The summed E-state index contributed by atoms with van der Waals surface area (Å²) in [6.07, 6.45) is -0.168. The normalized spacial score (nSPS) is 11.3. The van der Waals surface area contributed by atoms with Gasteiger partial charge in [0.2, 0.25) is 4.75 Å². The molecule has 0 aliphatic heterocycles. The molecule has 9 nitrogen and oxygen atoms in total. The van der Waals surface area contributed by atoms with E-state index in [4.69, 9.17) is 18.9 Å². The topological polar surface area (TPSA) is 121 Å². The second-order valence-corrected chi connectivity index (χ2v) is 7.90. The summed E-state index contributed by atoms with van der Waals surface area (Å²) in [5.41, 5.74) is 1.19. The van der Waals surface area contributed by atoms with E-state index in [0.29, 0.717) is 22.2 Å². The Morgan fingerprint density at radius 2 is 1.48 bits per heavy atom. The number of methoxy groups -OCH3 is 4. The molecule has 0 aliphatic rings. The highest BCUT2D eigenvalue weighted by atomic mass is 32.2. The molecule has 0 radical (unpaired) electrons. The van der Waals surface area contributed by atoms with Crippen LogP contribution in [0.2, 0.25) is 0 Å². The molecule has 0 bridgehead atoms. The van der Waals surface area contributed by atoms with Crippen molar-refractivity contribution in [1.82, 2.24) is 4.98 Å². The number of nitrogens with one attached hydrogen (secondary N) is 1. The van der Waals surface area contributed by atoms with Crippen molar-refractivity contribution in [3.05, 3.63) is 35.5 Å². The minimum atomic E-state index is -1.89. The second kappa shape index (κ2) is 10.3. The first-order valence-corrected chi connectivity index (χ1v) is 10.4. The summed E-state index contributed by atoms with van der Waals surface area (Å²) in [5, 5.41) is 0.629. The van der Waals surface area contributed by atoms with Crippen LogP contribution < -0.4 is 0 Å². The van der Waals surface area contributed by atoms with E-state index in [1.165, 1.54) is 14.2 Å². The Balaban J connectivity index is 2.85. The molecule has 0 amide bonds. The SMILES string of the molecule is CCSC(C(=O)OC)(C(=O)OC)c1[nH]c2ccccc2c1CC(C(=O)OC)C(=O)OC. The lowest BCUT2D eigenvalue weighted by Crippen LogP contribution is -2.44. The Morgan fingerprint density at radius 3 is 1.97 bits per heavy atom. The van der Waals surface area contributed by atoms with Gasteiger partial charge < -0.3 is 23.9 Å². The number of hydrogen-bond acceptors (Lipinski definition) is 9. The first-order valence-electron chi connectivity index (χ1n) is 9.38. The van der Waals surface area contributed by atoms with Gasteiger partial charge in [0.15, 0.2) is 5.92 Å². The lowest BCUT2D eigenvalue weighted by Gasteiger charge is -2.28. The van der Waals surface area contributed by atoms with E-state index in [1.54, 1.807) is 31.2 Å². The quantitative estimate of drug-likeness (QED) is 0.346. The third-order valence-corrected chi connectivity index (χ3v) is 6.11. The van der Waals surface area contributed by atoms with Gasteiger partial charge in [0.1, 0.15) is 0 Å². The van der Waals surface area contributed by atoms with Gasteiger partial charge in [-0.1, -0.05) is 25.1 Å². The number of fused-ring (bicyclic) bond motifs is 1. The van der Waals surface area contributed by atoms with E-state index in [9.17, 15) is 19.2 Å². The Bertz CT molecular complexity index is 951. The summed E-state index contributed by atoms with van der Waals surface area (Å²) in [5.74, 6) is -4.21. The molecule has 10 heteroatoms. The molecule has 0 saturated heterocycles. The van der Waals surface area contributed by atoms with Crippen LogP contribution in [0, 0.1) is 5.92 Å². The molecule has 0 aliphatic carbocycles. The number of para-hydroxylation sites is 1. The van der Waals surface area contributed by atoms with Crippen molar-refractivity contribution in [3.63, 3.8) is 0 Å². The van der Waals surface area contributed by atoms with Gasteiger partial charge in [-0.3, -0.25) is 9.59 Å². The fraction of sp³-hybridized carbons (Fsp3) is 0.429. The van der Waals surface area contributed by atoms with Crippen molar-refractivity contribution >= 4 is 46.5 Å². The summed E-state index contributed by atoms with van der Waals surface area (Å²) in [7, 11) is 4.66. The maximum absolute atomic E-state index is 13.0. The van der Waals surface area contributed by atoms with Crippen molar-refractivity contribution < 1.29 is 38.1 Å². The van der Waals surface area contributed by atoms with Crippen LogP contribution in [0.25, 0.3) is 10.9 Å². The Kier molecular flexibility index (Phi) is 8.09. The van der Waals surface area contributed by atoms with Crippen molar-refractivity contribution in [2.75, 3.05) is 34.2 Å². The number of benzene rings is 1. The van der Waals surface area contributed by atoms with Crippen LogP contribution in [-0.2, 0) is 49.3 Å². The first-order chi connectivity index (χ1) is 14.8. The van der Waals surface area contributed by atoms with Crippen molar-refractivity contribution in [2.24, 2.45) is 5.92 Å². The van der Waals surface area contributed by atoms with Gasteiger partial charge in [0.05, 0.1) is 34.1 Å². The van der Waals surface area contributed by atoms with Crippen LogP contribution in [-0.4, -0.2) is 63.1 Å². The van der Waals surface area contributed by atoms with Crippen LogP contribution in [0.15, 0.2) is 24.3 Å². The number of carbonyl (C=O) groups excluding carboxylic acids is 4. The predicted molar refractivity (Wildman–Crippen MR) is 113 cm³/mol. The molecular weight excluding hydrogens is 426 g/mol. The average molecular weight is 451 g/mol. The lowest BCUT2D eigenvalue weighted by molar-refractivity contribution is -0.159. The van der Waals surface area contributed by atoms with Gasteiger partial charge in [-0.25, -0.2) is 9.59 Å². The molecule has 168 valence electrons. The Hall–Kier alpha value is -3.01. The molecule has 2 aromatic rings. The van der Waals surface area contributed by atoms with E-state index < -0.39 is 34.5 Å². The number of ether oxygens (including phenoxy) is 4. The molecule has 2 rings (SSSR count). The molecule has 31 heavy (non-hydrogen) atoms. The lowest BCUT2D eigenvalue weighted by atomic mass is 9.91. The van der Waals surface area contributed by atoms with Gasteiger partial charge >= 0.3 is 23.9 Å². The summed E-state index contributed by atoms with van der Waals surface area (Å²) in [6.45, 7) is 1.78. The van der Waals surface area contributed by atoms with Crippen molar-refractivity contribution in [3.8, 4) is 0 Å². The van der Waals surface area contributed by atoms with Crippen LogP contribution in [0.1, 0.15) is 18.2 Å². The summed E-state index contributed by atoms with van der Waals surface area (Å²) in [6, 6.07) is 7.05. The fourth-order valence-corrected chi connectivity index (χ4v) is 4.60. The van der Waals surface area contributed by atoms with E-state index in [0.717, 1.165) is 26.0 Å². The minimum absolute atomic E-state index is 0.168. The Morgan fingerprint density at radius 1 is 0.935 bits per heavy atom. The fourth-order valence-electron chi connectivity index (χ4n) is 3.45. The summed E-state index contributed by atoms with van der Waals surface area (Å²) >= 11 is 1.01. The molecule has 1 aromatic carbocycles. The highest BCUT2D eigenvalue weighted by Crippen LogP contribution is 2.43. The highest BCUT2D eigenvalue weighted by Gasteiger charge is 2.53. The van der Waals surface area contributed by atoms with Gasteiger partial charge in [-0.2, -0.15) is 0 Å². The third kappa shape index (κ3) is 4.39. The molecule has 0 fully saturated rings. The minimum Gasteiger partial charge on any atom is -0.468 e. The van der Waals surface area contributed by atoms with E-state index in [2.05, 4.69) is 4.98 Å². The molecule has 1 heterocycles. The molecule has 1 aromatic heterocycles. The number of thioether (sulfide) groups is 1. The summed E-state index contributed by atoms with van der Waals surface area (Å²) in [4.78, 5) is 53.7. The van der Waals surface area contributed by atoms with Crippen molar-refractivity contribution in [2.45, 2.75) is 18.1 Å². The van der Waals surface area contributed by atoms with E-state index in [1.807, 2.05) is 0 Å². The number of aromatic nitrogens is 1. The second-order valence-electron chi connectivity index (χ2n) is 6.42. The maximum Gasteiger partial charge on any atom is 0.339 e. The van der Waals surface area contributed by atoms with E-state index in [-0.39, 0.29) is 12.1 Å². The molecule has 0 atom stereocenters. The zero-order chi connectivity index (χ0) is 23.2. The zero-order valence-corrected chi connectivity index (χ0v) is 18.8. The molecule has 1 N–H and O–H groups in total. The number of aromatic amines is 1. The third-order valence-electron chi connectivity index (χ3n) is 4.85. The molecule has 0 saturated carbocycles. The van der Waals surface area contributed by atoms with Crippen LogP contribution in [0.4, 0.5) is 0 Å². The van der Waals surface area contributed by atoms with Crippen LogP contribution >= 0.6 is 11.8 Å². The first kappa shape index (κ1) is 24.3. The monoisotopic (exact) mass is 451 g/mol. The molecule has 0 spiro atoms. The summed E-state index contributed by atoms with van der Waals surface area (Å²) < 4.78 is 17.6. The number of esters is 4. The number of H-pyrrole nitrogens is 1. The highest BCUT2D eigenvalue weighted by molar-refractivity contribution is 8.01. The van der Waals surface area contributed by atoms with Gasteiger partial charge in [0, 0.05) is 10.9 Å². The zero-order valence-electron chi connectivity index (χ0n) is 18.0. The molecule has 0 unspecified atom stereocenters. The number of hydrogen-bond donors (Lipinski definition) is 1. The van der Waals surface area contributed by atoms with Gasteiger partial charge in [-0.15, -0.1) is 11.8 Å². The smallest absolute Gasteiger partial charge is 0.339 e. The van der Waals surface area contributed by atoms with Gasteiger partial charge in [-0.05, 0) is 23.8 Å².